The summed E-state index contributed by atoms with van der Waals surface area (Å²) in [6.07, 6.45) is 0. The van der Waals surface area contributed by atoms with E-state index in [0.29, 0.717) is 12.4 Å². The molecule has 3 aromatic rings. The topological polar surface area (TPSA) is 48.0 Å². The zero-order valence-electron chi connectivity index (χ0n) is 9.45. The Morgan fingerprint density at radius 3 is 2.72 bits per heavy atom. The second kappa shape index (κ2) is 4.62. The third kappa shape index (κ3) is 2.12. The fourth-order valence-corrected chi connectivity index (χ4v) is 2.34. The molecule has 0 spiro atoms. The van der Waals surface area contributed by atoms with Gasteiger partial charge in [0.15, 0.2) is 0 Å². The lowest BCUT2D eigenvalue weighted by Gasteiger charge is -1.94. The summed E-state index contributed by atoms with van der Waals surface area (Å²) in [7, 11) is 0. The molecule has 0 aliphatic carbocycles. The molecule has 0 radical (unpaired) electrons. The van der Waals surface area contributed by atoms with E-state index in [1.54, 1.807) is 11.3 Å². The SMILES string of the molecule is O=c1oc(-c2ccccc2)nn1Cc1cccs1. The van der Waals surface area contributed by atoms with E-state index in [0.717, 1.165) is 10.4 Å². The average Bonchev–Trinajstić information content (AvgIpc) is 3.02. The maximum Gasteiger partial charge on any atom is 0.437 e. The second-order valence-electron chi connectivity index (χ2n) is 3.78. The molecule has 1 aromatic carbocycles. The predicted octanol–water partition coefficient (Wildman–Crippen LogP) is 2.61. The first-order valence-electron chi connectivity index (χ1n) is 5.49. The fourth-order valence-electron chi connectivity index (χ4n) is 1.65. The van der Waals surface area contributed by atoms with Crippen molar-refractivity contribution in [2.45, 2.75) is 6.54 Å². The summed E-state index contributed by atoms with van der Waals surface area (Å²) in [6, 6.07) is 13.3. The summed E-state index contributed by atoms with van der Waals surface area (Å²) in [4.78, 5) is 12.8. The first-order valence-corrected chi connectivity index (χ1v) is 6.36. The monoisotopic (exact) mass is 258 g/mol. The van der Waals surface area contributed by atoms with Gasteiger partial charge in [-0.1, -0.05) is 24.3 Å². The highest BCUT2D eigenvalue weighted by atomic mass is 32.1. The van der Waals surface area contributed by atoms with Crippen LogP contribution in [0.3, 0.4) is 0 Å². The molecule has 0 saturated heterocycles. The Balaban J connectivity index is 1.94. The van der Waals surface area contributed by atoms with Gasteiger partial charge < -0.3 is 4.42 Å². The van der Waals surface area contributed by atoms with Crippen LogP contribution in [-0.2, 0) is 6.54 Å². The molecule has 0 saturated carbocycles. The molecule has 0 fully saturated rings. The first-order chi connectivity index (χ1) is 8.83. The van der Waals surface area contributed by atoms with Gasteiger partial charge in [0.05, 0.1) is 6.54 Å². The molecule has 0 bridgehead atoms. The quantitative estimate of drug-likeness (QED) is 0.725. The molecular formula is C13H10N2O2S. The van der Waals surface area contributed by atoms with Gasteiger partial charge in [0.1, 0.15) is 0 Å². The Labute approximate surface area is 107 Å². The van der Waals surface area contributed by atoms with E-state index in [9.17, 15) is 4.79 Å². The van der Waals surface area contributed by atoms with Crippen molar-refractivity contribution >= 4 is 11.3 Å². The van der Waals surface area contributed by atoms with Crippen molar-refractivity contribution < 1.29 is 4.42 Å². The van der Waals surface area contributed by atoms with Crippen LogP contribution in [0.2, 0.25) is 0 Å². The van der Waals surface area contributed by atoms with Gasteiger partial charge in [-0.25, -0.2) is 4.79 Å². The van der Waals surface area contributed by atoms with E-state index in [1.807, 2.05) is 47.8 Å². The lowest BCUT2D eigenvalue weighted by molar-refractivity contribution is 0.496. The fraction of sp³-hybridized carbons (Fsp3) is 0.0769. The smallest absolute Gasteiger partial charge is 0.388 e. The van der Waals surface area contributed by atoms with Gasteiger partial charge in [0.25, 0.3) is 0 Å². The summed E-state index contributed by atoms with van der Waals surface area (Å²) in [6.45, 7) is 0.451. The Kier molecular flexibility index (Phi) is 2.82. The van der Waals surface area contributed by atoms with Crippen LogP contribution < -0.4 is 5.76 Å². The van der Waals surface area contributed by atoms with Crippen molar-refractivity contribution in [3.05, 3.63) is 63.3 Å². The van der Waals surface area contributed by atoms with E-state index in [2.05, 4.69) is 5.10 Å². The van der Waals surface area contributed by atoms with Crippen molar-refractivity contribution in [3.8, 4) is 11.5 Å². The summed E-state index contributed by atoms with van der Waals surface area (Å²) in [5.74, 6) is -0.0700. The molecule has 5 heteroatoms. The zero-order valence-corrected chi connectivity index (χ0v) is 10.3. The average molecular weight is 258 g/mol. The molecule has 3 rings (SSSR count). The van der Waals surface area contributed by atoms with Crippen LogP contribution in [0.5, 0.6) is 0 Å². The van der Waals surface area contributed by atoms with E-state index < -0.39 is 5.76 Å². The van der Waals surface area contributed by atoms with Crippen LogP contribution in [0.25, 0.3) is 11.5 Å². The molecule has 0 aliphatic heterocycles. The van der Waals surface area contributed by atoms with Gasteiger partial charge in [0, 0.05) is 10.4 Å². The van der Waals surface area contributed by atoms with E-state index >= 15 is 0 Å². The molecule has 0 N–H and O–H groups in total. The third-order valence-corrected chi connectivity index (χ3v) is 3.37. The molecule has 4 nitrogen and oxygen atoms in total. The molecule has 0 atom stereocenters. The zero-order chi connectivity index (χ0) is 12.4. The highest BCUT2D eigenvalue weighted by Gasteiger charge is 2.10. The maximum atomic E-state index is 11.7. The van der Waals surface area contributed by atoms with E-state index in [1.165, 1.54) is 4.68 Å². The van der Waals surface area contributed by atoms with Crippen molar-refractivity contribution in [1.82, 2.24) is 9.78 Å². The van der Waals surface area contributed by atoms with Gasteiger partial charge in [-0.2, -0.15) is 4.68 Å². The molecule has 18 heavy (non-hydrogen) atoms. The minimum Gasteiger partial charge on any atom is -0.388 e. The van der Waals surface area contributed by atoms with Gasteiger partial charge in [-0.05, 0) is 23.6 Å². The van der Waals surface area contributed by atoms with Gasteiger partial charge in [-0.3, -0.25) is 0 Å². The number of benzene rings is 1. The Morgan fingerprint density at radius 2 is 2.00 bits per heavy atom. The predicted molar refractivity (Wildman–Crippen MR) is 69.6 cm³/mol. The number of aromatic nitrogens is 2. The molecule has 2 aromatic heterocycles. The lowest BCUT2D eigenvalue weighted by Crippen LogP contribution is -2.15. The summed E-state index contributed by atoms with van der Waals surface area (Å²) >= 11 is 1.59. The number of thiophene rings is 1. The highest BCUT2D eigenvalue weighted by molar-refractivity contribution is 7.09. The maximum absolute atomic E-state index is 11.7. The van der Waals surface area contributed by atoms with Crippen LogP contribution in [0.1, 0.15) is 4.88 Å². The minimum absolute atomic E-state index is 0.358. The standard InChI is InChI=1S/C13H10N2O2S/c16-13-15(9-11-7-4-8-18-11)14-12(17-13)10-5-2-1-3-6-10/h1-8H,9H2. The van der Waals surface area contributed by atoms with Gasteiger partial charge in [-0.15, -0.1) is 16.4 Å². The Morgan fingerprint density at radius 1 is 1.17 bits per heavy atom. The molecule has 2 heterocycles. The Hall–Kier alpha value is -2.14. The third-order valence-electron chi connectivity index (χ3n) is 2.51. The van der Waals surface area contributed by atoms with Gasteiger partial charge >= 0.3 is 5.76 Å². The number of nitrogens with zero attached hydrogens (tertiary/aromatic N) is 2. The highest BCUT2D eigenvalue weighted by Crippen LogP contribution is 2.15. The second-order valence-corrected chi connectivity index (χ2v) is 4.81. The molecule has 0 unspecified atom stereocenters. The Bertz CT molecular complexity index is 683. The summed E-state index contributed by atoms with van der Waals surface area (Å²) in [5, 5.41) is 6.17. The van der Waals surface area contributed by atoms with Crippen LogP contribution in [0, 0.1) is 0 Å². The molecule has 0 aliphatic rings. The normalized spacial score (nSPS) is 10.7. The molecule has 90 valence electrons. The van der Waals surface area contributed by atoms with Crippen LogP contribution >= 0.6 is 11.3 Å². The number of hydrogen-bond acceptors (Lipinski definition) is 4. The van der Waals surface area contributed by atoms with Crippen molar-refractivity contribution in [1.29, 1.82) is 0 Å². The van der Waals surface area contributed by atoms with Crippen molar-refractivity contribution in [2.75, 3.05) is 0 Å². The first kappa shape index (κ1) is 11.0. The van der Waals surface area contributed by atoms with Crippen LogP contribution in [0.4, 0.5) is 0 Å². The van der Waals surface area contributed by atoms with Crippen molar-refractivity contribution in [3.63, 3.8) is 0 Å². The lowest BCUT2D eigenvalue weighted by atomic mass is 10.2. The number of hydrogen-bond donors (Lipinski definition) is 0. The minimum atomic E-state index is -0.428. The van der Waals surface area contributed by atoms with Crippen LogP contribution in [0.15, 0.2) is 57.1 Å². The molecular weight excluding hydrogens is 248 g/mol. The van der Waals surface area contributed by atoms with E-state index in [-0.39, 0.29) is 0 Å². The van der Waals surface area contributed by atoms with Crippen LogP contribution in [-0.4, -0.2) is 9.78 Å². The summed E-state index contributed by atoms with van der Waals surface area (Å²) in [5.41, 5.74) is 0.805. The van der Waals surface area contributed by atoms with Crippen molar-refractivity contribution in [2.24, 2.45) is 0 Å². The number of rotatable bonds is 3. The molecule has 0 amide bonds. The van der Waals surface area contributed by atoms with E-state index in [4.69, 9.17) is 4.42 Å². The van der Waals surface area contributed by atoms with Gasteiger partial charge in [0.2, 0.25) is 5.89 Å². The summed E-state index contributed by atoms with van der Waals surface area (Å²) < 4.78 is 6.49. The largest absolute Gasteiger partial charge is 0.437 e.